The molecule has 73 heavy (non-hydrogen) atoms. The van der Waals surface area contributed by atoms with Crippen LogP contribution in [0, 0.1) is 13.8 Å². The first-order valence-electron chi connectivity index (χ1n) is 25.5. The molecule has 3 heteroatoms. The summed E-state index contributed by atoms with van der Waals surface area (Å²) in [4.78, 5) is 5.19. The Hall–Kier alpha value is -8.92. The van der Waals surface area contributed by atoms with E-state index in [0.717, 1.165) is 11.4 Å². The van der Waals surface area contributed by atoms with Gasteiger partial charge in [0.2, 0.25) is 0 Å². The molecule has 2 nitrogen and oxygen atoms in total. The van der Waals surface area contributed by atoms with E-state index in [2.05, 4.69) is 309 Å². The van der Waals surface area contributed by atoms with Crippen molar-refractivity contribution in [2.45, 2.75) is 24.7 Å². The van der Waals surface area contributed by atoms with Gasteiger partial charge in [-0.2, -0.15) is 0 Å². The summed E-state index contributed by atoms with van der Waals surface area (Å²) < 4.78 is 0. The highest BCUT2D eigenvalue weighted by Gasteiger charge is 2.48. The summed E-state index contributed by atoms with van der Waals surface area (Å²) in [7, 11) is 0. The minimum absolute atomic E-state index is 0.0351. The molecule has 2 aliphatic rings. The molecule has 0 unspecified atom stereocenters. The van der Waals surface area contributed by atoms with E-state index in [4.69, 9.17) is 0 Å². The average Bonchev–Trinajstić information content (AvgIpc) is 3.46. The van der Waals surface area contributed by atoms with E-state index in [1.807, 2.05) is 0 Å². The molecular formula is C70H53BN2. The highest BCUT2D eigenvalue weighted by atomic mass is 15.2. The van der Waals surface area contributed by atoms with Gasteiger partial charge in [0.05, 0.1) is 22.2 Å². The molecule has 11 aromatic carbocycles. The predicted octanol–water partition coefficient (Wildman–Crippen LogP) is 15.2. The molecule has 13 rings (SSSR count). The summed E-state index contributed by atoms with van der Waals surface area (Å²) in [6.07, 6.45) is 0. The first-order chi connectivity index (χ1) is 36.1. The Labute approximate surface area is 430 Å². The lowest BCUT2D eigenvalue weighted by molar-refractivity contribution is 0.744. The number of fused-ring (bicyclic) bond motifs is 4. The molecule has 346 valence electrons. The second kappa shape index (κ2) is 18.0. The summed E-state index contributed by atoms with van der Waals surface area (Å²) in [5, 5.41) is 0. The van der Waals surface area contributed by atoms with Gasteiger partial charge in [-0.3, -0.25) is 0 Å². The monoisotopic (exact) mass is 932 g/mol. The highest BCUT2D eigenvalue weighted by Crippen LogP contribution is 2.54. The molecule has 0 radical (unpaired) electrons. The smallest absolute Gasteiger partial charge is 0.252 e. The second-order valence-corrected chi connectivity index (χ2v) is 19.7. The largest absolute Gasteiger partial charge is 0.311 e. The van der Waals surface area contributed by atoms with Crippen LogP contribution in [0.2, 0.25) is 0 Å². The Morgan fingerprint density at radius 1 is 0.260 bits per heavy atom. The maximum Gasteiger partial charge on any atom is 0.252 e. The van der Waals surface area contributed by atoms with Crippen molar-refractivity contribution in [3.05, 3.63) is 341 Å². The van der Waals surface area contributed by atoms with Crippen molar-refractivity contribution in [2.24, 2.45) is 0 Å². The van der Waals surface area contributed by atoms with Crippen LogP contribution in [0.15, 0.2) is 285 Å². The highest BCUT2D eigenvalue weighted by molar-refractivity contribution is 7.00. The van der Waals surface area contributed by atoms with Gasteiger partial charge in [0, 0.05) is 22.7 Å². The van der Waals surface area contributed by atoms with Crippen molar-refractivity contribution in [2.75, 3.05) is 9.80 Å². The second-order valence-electron chi connectivity index (χ2n) is 19.7. The lowest BCUT2D eigenvalue weighted by atomic mass is 9.33. The maximum atomic E-state index is 2.59. The molecule has 0 amide bonds. The molecule has 0 spiro atoms. The summed E-state index contributed by atoms with van der Waals surface area (Å²) in [5.41, 5.74) is 21.6. The number of aryl methyl sites for hydroxylation is 2. The van der Waals surface area contributed by atoms with Gasteiger partial charge in [-0.1, -0.05) is 260 Å². The number of benzene rings is 11. The number of hydrogen-bond acceptors (Lipinski definition) is 2. The van der Waals surface area contributed by atoms with Crippen molar-refractivity contribution in [3.8, 4) is 0 Å². The number of nitrogens with zero attached hydrogens (tertiary/aromatic N) is 2. The van der Waals surface area contributed by atoms with Gasteiger partial charge in [0.1, 0.15) is 0 Å². The average molecular weight is 933 g/mol. The zero-order valence-electron chi connectivity index (χ0n) is 41.1. The standard InChI is InChI=1S/C70H53BN2/c1-50-44-46-64-60(48-50)71-61-49-51(2)45-47-65(61)73(63-41-24-22-39-59(63)70(55-32-15-6-16-33-55,56-34-17-7-18-35-56)57-36-19-8-20-37-57)67-43-25-42-66(68(67)71)72(64)62-40-23-21-38-58(62)69(52-26-9-3-10-27-52,53-28-11-4-12-29-53)54-30-13-5-14-31-54/h3-49H,1-2H3. The minimum atomic E-state index is -0.679. The Balaban J connectivity index is 1.12. The van der Waals surface area contributed by atoms with E-state index >= 15 is 0 Å². The Bertz CT molecular complexity index is 3330. The van der Waals surface area contributed by atoms with Crippen molar-refractivity contribution in [1.82, 2.24) is 0 Å². The van der Waals surface area contributed by atoms with Gasteiger partial charge >= 0.3 is 0 Å². The fraction of sp³-hybridized carbons (Fsp3) is 0.0571. The van der Waals surface area contributed by atoms with Crippen molar-refractivity contribution in [3.63, 3.8) is 0 Å². The van der Waals surface area contributed by atoms with E-state index < -0.39 is 10.8 Å². The van der Waals surface area contributed by atoms with E-state index in [1.54, 1.807) is 0 Å². The van der Waals surface area contributed by atoms with E-state index in [0.29, 0.717) is 0 Å². The van der Waals surface area contributed by atoms with E-state index in [-0.39, 0.29) is 6.71 Å². The normalized spacial score (nSPS) is 12.7. The summed E-state index contributed by atoms with van der Waals surface area (Å²) in [6.45, 7) is 4.45. The molecular weight excluding hydrogens is 880 g/mol. The zero-order valence-corrected chi connectivity index (χ0v) is 41.1. The first-order valence-corrected chi connectivity index (χ1v) is 25.5. The van der Waals surface area contributed by atoms with Crippen LogP contribution >= 0.6 is 0 Å². The van der Waals surface area contributed by atoms with Crippen LogP contribution in [-0.2, 0) is 10.8 Å². The van der Waals surface area contributed by atoms with Gasteiger partial charge in [-0.15, -0.1) is 0 Å². The van der Waals surface area contributed by atoms with Crippen molar-refractivity contribution < 1.29 is 0 Å². The number of rotatable bonds is 10. The Morgan fingerprint density at radius 2 is 0.534 bits per heavy atom. The molecule has 2 aliphatic heterocycles. The lowest BCUT2D eigenvalue weighted by Crippen LogP contribution is -2.61. The molecule has 0 N–H and O–H groups in total. The van der Waals surface area contributed by atoms with Gasteiger partial charge in [-0.05, 0) is 111 Å². The Kier molecular flexibility index (Phi) is 10.9. The number of anilines is 6. The van der Waals surface area contributed by atoms with Crippen LogP contribution < -0.4 is 26.2 Å². The lowest BCUT2D eigenvalue weighted by Gasteiger charge is -2.47. The fourth-order valence-corrected chi connectivity index (χ4v) is 12.7. The van der Waals surface area contributed by atoms with Crippen LogP contribution in [0.25, 0.3) is 0 Å². The predicted molar refractivity (Wildman–Crippen MR) is 307 cm³/mol. The van der Waals surface area contributed by atoms with Crippen LogP contribution in [0.5, 0.6) is 0 Å². The zero-order chi connectivity index (χ0) is 48.9. The van der Waals surface area contributed by atoms with Gasteiger partial charge in [-0.25, -0.2) is 0 Å². The van der Waals surface area contributed by atoms with Crippen LogP contribution in [0.4, 0.5) is 34.1 Å². The third-order valence-corrected chi connectivity index (χ3v) is 15.6. The topological polar surface area (TPSA) is 6.48 Å². The molecule has 0 saturated carbocycles. The number of hydrogen-bond donors (Lipinski definition) is 0. The van der Waals surface area contributed by atoms with Gasteiger partial charge in [0.15, 0.2) is 0 Å². The summed E-state index contributed by atoms with van der Waals surface area (Å²) in [5.74, 6) is 0. The minimum Gasteiger partial charge on any atom is -0.311 e. The van der Waals surface area contributed by atoms with Gasteiger partial charge in [0.25, 0.3) is 6.71 Å². The summed E-state index contributed by atoms with van der Waals surface area (Å²) in [6, 6.07) is 106. The van der Waals surface area contributed by atoms with Crippen LogP contribution in [0.3, 0.4) is 0 Å². The molecule has 0 saturated heterocycles. The fourth-order valence-electron chi connectivity index (χ4n) is 12.7. The molecule has 2 heterocycles. The molecule has 0 bridgehead atoms. The quantitative estimate of drug-likeness (QED) is 0.0996. The maximum absolute atomic E-state index is 2.59. The first kappa shape index (κ1) is 44.1. The number of para-hydroxylation sites is 2. The molecule has 0 atom stereocenters. The Morgan fingerprint density at radius 3 is 0.849 bits per heavy atom. The molecule has 0 aromatic heterocycles. The third kappa shape index (κ3) is 6.87. The molecule has 11 aromatic rings. The third-order valence-electron chi connectivity index (χ3n) is 15.6. The van der Waals surface area contributed by atoms with Gasteiger partial charge < -0.3 is 9.80 Å². The van der Waals surface area contributed by atoms with E-state index in [1.165, 1.54) is 94.8 Å². The SMILES string of the molecule is Cc1ccc2c(c1)B1c3cc(C)ccc3N(c3ccccc3C(c3ccccc3)(c3ccccc3)c3ccccc3)c3cccc(c31)N2c1ccccc1C(c1ccccc1)(c1ccccc1)c1ccccc1. The van der Waals surface area contributed by atoms with Crippen LogP contribution in [0.1, 0.15) is 55.6 Å². The molecule has 0 fully saturated rings. The van der Waals surface area contributed by atoms with Crippen molar-refractivity contribution >= 4 is 57.2 Å². The van der Waals surface area contributed by atoms with Crippen LogP contribution in [-0.4, -0.2) is 6.71 Å². The molecule has 0 aliphatic carbocycles. The summed E-state index contributed by atoms with van der Waals surface area (Å²) >= 11 is 0. The van der Waals surface area contributed by atoms with E-state index in [9.17, 15) is 0 Å². The van der Waals surface area contributed by atoms with Crippen molar-refractivity contribution in [1.29, 1.82) is 0 Å².